The van der Waals surface area contributed by atoms with Gasteiger partial charge in [0.1, 0.15) is 17.9 Å². The predicted octanol–water partition coefficient (Wildman–Crippen LogP) is 4.29. The Bertz CT molecular complexity index is 540. The molecule has 0 unspecified atom stereocenters. The average molecular weight is 311 g/mol. The lowest BCUT2D eigenvalue weighted by Crippen LogP contribution is -1.96. The third kappa shape index (κ3) is 3.26. The van der Waals surface area contributed by atoms with Crippen LogP contribution >= 0.6 is 15.9 Å². The minimum atomic E-state index is -0.363. The van der Waals surface area contributed by atoms with E-state index >= 15 is 0 Å². The molecule has 0 N–H and O–H groups in total. The van der Waals surface area contributed by atoms with Gasteiger partial charge in [0.25, 0.3) is 0 Å². The molecule has 0 fully saturated rings. The van der Waals surface area contributed by atoms with Crippen molar-refractivity contribution in [2.24, 2.45) is 0 Å². The first kappa shape index (κ1) is 13.0. The molecular weight excluding hydrogens is 299 g/mol. The molecule has 0 aliphatic heterocycles. The first-order valence-electron chi connectivity index (χ1n) is 5.50. The van der Waals surface area contributed by atoms with Gasteiger partial charge in [0.05, 0.1) is 5.69 Å². The lowest BCUT2D eigenvalue weighted by Gasteiger charge is -2.08. The van der Waals surface area contributed by atoms with Crippen LogP contribution in [0.5, 0.6) is 11.6 Å². The van der Waals surface area contributed by atoms with E-state index in [0.717, 1.165) is 5.69 Å². The molecule has 0 aliphatic carbocycles. The number of hydrogen-bond donors (Lipinski definition) is 0. The molecule has 0 radical (unpaired) electrons. The molecule has 5 heteroatoms. The zero-order valence-electron chi connectivity index (χ0n) is 10.0. The molecule has 2 rings (SSSR count). The van der Waals surface area contributed by atoms with Crippen molar-refractivity contribution in [1.82, 2.24) is 9.97 Å². The first-order valence-corrected chi connectivity index (χ1v) is 6.30. The smallest absolute Gasteiger partial charge is 0.222 e. The highest BCUT2D eigenvalue weighted by atomic mass is 79.9. The van der Waals surface area contributed by atoms with Gasteiger partial charge in [0.2, 0.25) is 5.88 Å². The molecule has 18 heavy (non-hydrogen) atoms. The van der Waals surface area contributed by atoms with Crippen LogP contribution in [-0.2, 0) is 0 Å². The molecule has 0 saturated heterocycles. The van der Waals surface area contributed by atoms with E-state index in [1.165, 1.54) is 18.5 Å². The zero-order valence-corrected chi connectivity index (χ0v) is 11.6. The maximum atomic E-state index is 13.2. The van der Waals surface area contributed by atoms with E-state index in [1.54, 1.807) is 12.1 Å². The minimum Gasteiger partial charge on any atom is -0.439 e. The fourth-order valence-electron chi connectivity index (χ4n) is 1.43. The predicted molar refractivity (Wildman–Crippen MR) is 70.3 cm³/mol. The summed E-state index contributed by atoms with van der Waals surface area (Å²) in [5, 5.41) is 0. The fourth-order valence-corrected chi connectivity index (χ4v) is 1.88. The van der Waals surface area contributed by atoms with Gasteiger partial charge in [0, 0.05) is 16.6 Å². The lowest BCUT2D eigenvalue weighted by atomic mass is 10.1. The molecule has 0 saturated carbocycles. The second-order valence-corrected chi connectivity index (χ2v) is 5.06. The molecule has 2 aromatic rings. The SMILES string of the molecule is CC(C)c1cc(Oc2cc(F)cc(Br)c2)ncn1. The van der Waals surface area contributed by atoms with Crippen LogP contribution in [0.1, 0.15) is 25.5 Å². The van der Waals surface area contributed by atoms with Gasteiger partial charge in [-0.25, -0.2) is 14.4 Å². The summed E-state index contributed by atoms with van der Waals surface area (Å²) >= 11 is 3.21. The van der Waals surface area contributed by atoms with Gasteiger partial charge < -0.3 is 4.74 Å². The summed E-state index contributed by atoms with van der Waals surface area (Å²) in [4.78, 5) is 8.15. The van der Waals surface area contributed by atoms with E-state index in [0.29, 0.717) is 16.1 Å². The molecule has 1 aromatic heterocycles. The standard InChI is InChI=1S/C13H12BrFN2O/c1-8(2)12-6-13(17-7-16-12)18-11-4-9(14)3-10(15)5-11/h3-8H,1-2H3. The minimum absolute atomic E-state index is 0.287. The van der Waals surface area contributed by atoms with Crippen LogP contribution in [0.15, 0.2) is 35.1 Å². The first-order chi connectivity index (χ1) is 8.54. The maximum Gasteiger partial charge on any atom is 0.222 e. The fraction of sp³-hybridized carbons (Fsp3) is 0.231. The Morgan fingerprint density at radius 1 is 1.17 bits per heavy atom. The van der Waals surface area contributed by atoms with Gasteiger partial charge in [0.15, 0.2) is 0 Å². The zero-order chi connectivity index (χ0) is 13.1. The van der Waals surface area contributed by atoms with Gasteiger partial charge >= 0.3 is 0 Å². The summed E-state index contributed by atoms with van der Waals surface area (Å²) in [5.41, 5.74) is 0.885. The Hall–Kier alpha value is -1.49. The molecule has 0 aliphatic rings. The number of aromatic nitrogens is 2. The van der Waals surface area contributed by atoms with E-state index in [2.05, 4.69) is 25.9 Å². The number of halogens is 2. The van der Waals surface area contributed by atoms with Crippen LogP contribution < -0.4 is 4.74 Å². The Kier molecular flexibility index (Phi) is 3.91. The summed E-state index contributed by atoms with van der Waals surface area (Å²) in [5.74, 6) is 0.730. The van der Waals surface area contributed by atoms with Gasteiger partial charge in [-0.2, -0.15) is 0 Å². The molecule has 94 valence electrons. The van der Waals surface area contributed by atoms with Gasteiger partial charge in [-0.3, -0.25) is 0 Å². The van der Waals surface area contributed by atoms with Gasteiger partial charge in [-0.1, -0.05) is 29.8 Å². The van der Waals surface area contributed by atoms with E-state index in [4.69, 9.17) is 4.74 Å². The molecule has 0 atom stereocenters. The highest BCUT2D eigenvalue weighted by Gasteiger charge is 2.06. The Morgan fingerprint density at radius 3 is 2.61 bits per heavy atom. The van der Waals surface area contributed by atoms with Crippen LogP contribution in [0.3, 0.4) is 0 Å². The normalized spacial score (nSPS) is 10.7. The van der Waals surface area contributed by atoms with Crippen molar-refractivity contribution in [2.45, 2.75) is 19.8 Å². The average Bonchev–Trinajstić information content (AvgIpc) is 2.27. The van der Waals surface area contributed by atoms with Crippen molar-refractivity contribution < 1.29 is 9.13 Å². The summed E-state index contributed by atoms with van der Waals surface area (Å²) < 4.78 is 19.3. The Balaban J connectivity index is 2.25. The van der Waals surface area contributed by atoms with Crippen molar-refractivity contribution >= 4 is 15.9 Å². The number of hydrogen-bond acceptors (Lipinski definition) is 3. The summed E-state index contributed by atoms with van der Waals surface area (Å²) in [6.07, 6.45) is 1.44. The number of nitrogens with zero attached hydrogens (tertiary/aromatic N) is 2. The number of ether oxygens (including phenoxy) is 1. The van der Waals surface area contributed by atoms with E-state index in [-0.39, 0.29) is 11.7 Å². The van der Waals surface area contributed by atoms with E-state index in [1.807, 2.05) is 13.8 Å². The lowest BCUT2D eigenvalue weighted by molar-refractivity contribution is 0.454. The summed E-state index contributed by atoms with van der Waals surface area (Å²) in [6, 6.07) is 6.11. The van der Waals surface area contributed by atoms with Crippen molar-refractivity contribution in [2.75, 3.05) is 0 Å². The Morgan fingerprint density at radius 2 is 1.94 bits per heavy atom. The largest absolute Gasteiger partial charge is 0.439 e. The second kappa shape index (κ2) is 5.44. The van der Waals surface area contributed by atoms with Gasteiger partial charge in [-0.15, -0.1) is 0 Å². The van der Waals surface area contributed by atoms with Crippen LogP contribution in [0.2, 0.25) is 0 Å². The molecule has 1 heterocycles. The van der Waals surface area contributed by atoms with E-state index < -0.39 is 0 Å². The highest BCUT2D eigenvalue weighted by Crippen LogP contribution is 2.25. The van der Waals surface area contributed by atoms with Crippen molar-refractivity contribution in [3.05, 3.63) is 46.6 Å². The second-order valence-electron chi connectivity index (χ2n) is 4.14. The van der Waals surface area contributed by atoms with Gasteiger partial charge in [-0.05, 0) is 18.1 Å². The molecular formula is C13H12BrFN2O. The van der Waals surface area contributed by atoms with Crippen molar-refractivity contribution in [3.8, 4) is 11.6 Å². The topological polar surface area (TPSA) is 35.0 Å². The molecule has 0 bridgehead atoms. The molecule has 3 nitrogen and oxygen atoms in total. The van der Waals surface area contributed by atoms with Crippen molar-refractivity contribution in [1.29, 1.82) is 0 Å². The highest BCUT2D eigenvalue weighted by molar-refractivity contribution is 9.10. The van der Waals surface area contributed by atoms with Crippen LogP contribution in [-0.4, -0.2) is 9.97 Å². The quantitative estimate of drug-likeness (QED) is 0.848. The third-order valence-corrected chi connectivity index (χ3v) is 2.77. The monoisotopic (exact) mass is 310 g/mol. The Labute approximate surface area is 113 Å². The van der Waals surface area contributed by atoms with Crippen molar-refractivity contribution in [3.63, 3.8) is 0 Å². The van der Waals surface area contributed by atoms with Crippen LogP contribution in [0.4, 0.5) is 4.39 Å². The van der Waals surface area contributed by atoms with E-state index in [9.17, 15) is 4.39 Å². The summed E-state index contributed by atoms with van der Waals surface area (Å²) in [7, 11) is 0. The summed E-state index contributed by atoms with van der Waals surface area (Å²) in [6.45, 7) is 4.07. The van der Waals surface area contributed by atoms with Crippen LogP contribution in [0.25, 0.3) is 0 Å². The maximum absolute atomic E-state index is 13.2. The molecule has 1 aromatic carbocycles. The van der Waals surface area contributed by atoms with Crippen LogP contribution in [0, 0.1) is 5.82 Å². The number of benzene rings is 1. The third-order valence-electron chi connectivity index (χ3n) is 2.31. The molecule has 0 spiro atoms. The molecule has 0 amide bonds. The number of rotatable bonds is 3.